The summed E-state index contributed by atoms with van der Waals surface area (Å²) in [6, 6.07) is 0. The van der Waals surface area contributed by atoms with Gasteiger partial charge in [-0.1, -0.05) is 12.1 Å². The Bertz CT molecular complexity index is 712. The first-order valence-electron chi connectivity index (χ1n) is 8.04. The minimum absolute atomic E-state index is 0.0394. The maximum Gasteiger partial charge on any atom is 0.257 e. The smallest absolute Gasteiger partial charge is 0.257 e. The Balaban J connectivity index is 1.54. The number of nitrogens with zero attached hydrogens (tertiary/aromatic N) is 5. The summed E-state index contributed by atoms with van der Waals surface area (Å²) in [6.45, 7) is 3.43. The number of piperidine rings is 1. The Kier molecular flexibility index (Phi) is 3.36. The Morgan fingerprint density at radius 2 is 2.13 bits per heavy atom. The van der Waals surface area contributed by atoms with E-state index in [0.717, 1.165) is 43.9 Å². The quantitative estimate of drug-likeness (QED) is 0.860. The van der Waals surface area contributed by atoms with Gasteiger partial charge >= 0.3 is 0 Å². The summed E-state index contributed by atoms with van der Waals surface area (Å²) in [7, 11) is 0. The van der Waals surface area contributed by atoms with E-state index in [1.54, 1.807) is 12.4 Å². The first kappa shape index (κ1) is 14.3. The predicted molar refractivity (Wildman–Crippen MR) is 80.8 cm³/mol. The SMILES string of the molecule is CC1(c2noc(C3CC3)n2)CCCN(C(=O)c2cncnc2)C1. The Morgan fingerprint density at radius 3 is 2.87 bits per heavy atom. The molecule has 0 spiro atoms. The van der Waals surface area contributed by atoms with Gasteiger partial charge in [0.05, 0.1) is 5.56 Å². The number of hydrogen-bond acceptors (Lipinski definition) is 6. The molecule has 2 aliphatic rings. The van der Waals surface area contributed by atoms with Gasteiger partial charge in [0, 0.05) is 36.8 Å². The average Bonchev–Trinajstić information content (AvgIpc) is 3.31. The van der Waals surface area contributed by atoms with Gasteiger partial charge in [0.2, 0.25) is 5.89 Å². The summed E-state index contributed by atoms with van der Waals surface area (Å²) >= 11 is 0. The second-order valence-corrected chi connectivity index (χ2v) is 6.75. The third kappa shape index (κ3) is 2.71. The Labute approximate surface area is 134 Å². The zero-order valence-electron chi connectivity index (χ0n) is 13.1. The van der Waals surface area contributed by atoms with Crippen LogP contribution in [0.3, 0.4) is 0 Å². The first-order valence-corrected chi connectivity index (χ1v) is 8.04. The number of carbonyl (C=O) groups is 1. The molecule has 0 bridgehead atoms. The molecule has 1 saturated carbocycles. The van der Waals surface area contributed by atoms with Crippen molar-refractivity contribution < 1.29 is 9.32 Å². The Hall–Kier alpha value is -2.31. The molecular formula is C16H19N5O2. The minimum atomic E-state index is -0.264. The van der Waals surface area contributed by atoms with Gasteiger partial charge in [-0.25, -0.2) is 9.97 Å². The van der Waals surface area contributed by atoms with Crippen molar-refractivity contribution in [3.05, 3.63) is 36.0 Å². The molecule has 1 unspecified atom stereocenters. The summed E-state index contributed by atoms with van der Waals surface area (Å²) in [5, 5.41) is 4.19. The number of hydrogen-bond donors (Lipinski definition) is 0. The normalized spacial score (nSPS) is 24.7. The molecule has 2 aromatic rings. The number of aromatic nitrogens is 4. The monoisotopic (exact) mass is 313 g/mol. The lowest BCUT2D eigenvalue weighted by Crippen LogP contribution is -2.47. The van der Waals surface area contributed by atoms with Crippen molar-refractivity contribution >= 4 is 5.91 Å². The van der Waals surface area contributed by atoms with E-state index in [-0.39, 0.29) is 11.3 Å². The largest absolute Gasteiger partial charge is 0.339 e. The van der Waals surface area contributed by atoms with Gasteiger partial charge in [-0.3, -0.25) is 4.79 Å². The topological polar surface area (TPSA) is 85.0 Å². The van der Waals surface area contributed by atoms with Crippen LogP contribution in [-0.2, 0) is 5.41 Å². The lowest BCUT2D eigenvalue weighted by Gasteiger charge is -2.38. The zero-order valence-corrected chi connectivity index (χ0v) is 13.1. The highest BCUT2D eigenvalue weighted by Gasteiger charge is 2.40. The van der Waals surface area contributed by atoms with E-state index in [9.17, 15) is 4.79 Å². The average molecular weight is 313 g/mol. The van der Waals surface area contributed by atoms with Crippen molar-refractivity contribution in [3.8, 4) is 0 Å². The minimum Gasteiger partial charge on any atom is -0.339 e. The van der Waals surface area contributed by atoms with E-state index in [4.69, 9.17) is 4.52 Å². The molecule has 1 atom stereocenters. The second-order valence-electron chi connectivity index (χ2n) is 6.75. The second kappa shape index (κ2) is 5.40. The van der Waals surface area contributed by atoms with Crippen LogP contribution in [0.4, 0.5) is 0 Å². The van der Waals surface area contributed by atoms with E-state index in [2.05, 4.69) is 27.0 Å². The fourth-order valence-corrected chi connectivity index (χ4v) is 3.16. The molecule has 120 valence electrons. The summed E-state index contributed by atoms with van der Waals surface area (Å²) < 4.78 is 5.40. The fraction of sp³-hybridized carbons (Fsp3) is 0.562. The van der Waals surface area contributed by atoms with Crippen molar-refractivity contribution in [1.82, 2.24) is 25.0 Å². The van der Waals surface area contributed by atoms with Gasteiger partial charge in [-0.15, -0.1) is 0 Å². The van der Waals surface area contributed by atoms with Crippen LogP contribution in [0, 0.1) is 0 Å². The van der Waals surface area contributed by atoms with Crippen LogP contribution in [0.15, 0.2) is 23.2 Å². The highest BCUT2D eigenvalue weighted by Crippen LogP contribution is 2.40. The number of rotatable bonds is 3. The molecule has 0 N–H and O–H groups in total. The van der Waals surface area contributed by atoms with Crippen molar-refractivity contribution in [2.24, 2.45) is 0 Å². The van der Waals surface area contributed by atoms with Crippen LogP contribution in [0.5, 0.6) is 0 Å². The molecule has 0 radical (unpaired) electrons. The summed E-state index contributed by atoms with van der Waals surface area (Å²) in [5.74, 6) is 1.88. The van der Waals surface area contributed by atoms with Crippen LogP contribution >= 0.6 is 0 Å². The van der Waals surface area contributed by atoms with E-state index in [1.165, 1.54) is 6.33 Å². The molecule has 0 aromatic carbocycles. The third-order valence-electron chi connectivity index (χ3n) is 4.70. The van der Waals surface area contributed by atoms with Gasteiger partial charge < -0.3 is 9.42 Å². The molecule has 2 fully saturated rings. The van der Waals surface area contributed by atoms with Crippen LogP contribution in [-0.4, -0.2) is 44.0 Å². The molecule has 1 saturated heterocycles. The van der Waals surface area contributed by atoms with Crippen LogP contribution in [0.2, 0.25) is 0 Å². The van der Waals surface area contributed by atoms with Crippen molar-refractivity contribution in [3.63, 3.8) is 0 Å². The van der Waals surface area contributed by atoms with Gasteiger partial charge in [0.1, 0.15) is 6.33 Å². The maximum absolute atomic E-state index is 12.6. The fourth-order valence-electron chi connectivity index (χ4n) is 3.16. The van der Waals surface area contributed by atoms with Gasteiger partial charge in [0.25, 0.3) is 5.91 Å². The molecule has 3 heterocycles. The van der Waals surface area contributed by atoms with Crippen molar-refractivity contribution in [2.75, 3.05) is 13.1 Å². The standard InChI is InChI=1S/C16H19N5O2/c1-16(15-19-13(23-20-15)11-3-4-11)5-2-6-21(9-16)14(22)12-7-17-10-18-8-12/h7-8,10-11H,2-6,9H2,1H3. The van der Waals surface area contributed by atoms with E-state index in [0.29, 0.717) is 18.0 Å². The molecule has 1 amide bonds. The highest BCUT2D eigenvalue weighted by atomic mass is 16.5. The molecule has 1 aliphatic heterocycles. The van der Waals surface area contributed by atoms with Crippen LogP contribution < -0.4 is 0 Å². The molecular weight excluding hydrogens is 294 g/mol. The predicted octanol–water partition coefficient (Wildman–Crippen LogP) is 1.93. The number of carbonyl (C=O) groups excluding carboxylic acids is 1. The van der Waals surface area contributed by atoms with Gasteiger partial charge in [0.15, 0.2) is 5.82 Å². The van der Waals surface area contributed by atoms with E-state index < -0.39 is 0 Å². The molecule has 1 aliphatic carbocycles. The molecule has 23 heavy (non-hydrogen) atoms. The Morgan fingerprint density at radius 1 is 1.35 bits per heavy atom. The summed E-state index contributed by atoms with van der Waals surface area (Å²) in [6.07, 6.45) is 8.68. The van der Waals surface area contributed by atoms with Gasteiger partial charge in [-0.2, -0.15) is 4.98 Å². The lowest BCUT2D eigenvalue weighted by atomic mass is 9.81. The van der Waals surface area contributed by atoms with Crippen LogP contribution in [0.1, 0.15) is 60.6 Å². The third-order valence-corrected chi connectivity index (χ3v) is 4.70. The molecule has 2 aromatic heterocycles. The lowest BCUT2D eigenvalue weighted by molar-refractivity contribution is 0.0641. The number of amides is 1. The maximum atomic E-state index is 12.6. The first-order chi connectivity index (χ1) is 11.2. The van der Waals surface area contributed by atoms with Gasteiger partial charge in [-0.05, 0) is 25.7 Å². The molecule has 4 rings (SSSR count). The number of likely N-dealkylation sites (tertiary alicyclic amines) is 1. The highest BCUT2D eigenvalue weighted by molar-refractivity contribution is 5.93. The summed E-state index contributed by atoms with van der Waals surface area (Å²) in [5.41, 5.74) is 0.253. The molecule has 7 heteroatoms. The van der Waals surface area contributed by atoms with E-state index in [1.807, 2.05) is 4.90 Å². The zero-order chi connectivity index (χ0) is 15.9. The summed E-state index contributed by atoms with van der Waals surface area (Å²) in [4.78, 5) is 26.9. The molecule has 7 nitrogen and oxygen atoms in total. The van der Waals surface area contributed by atoms with Crippen molar-refractivity contribution in [1.29, 1.82) is 0 Å². The van der Waals surface area contributed by atoms with E-state index >= 15 is 0 Å². The van der Waals surface area contributed by atoms with Crippen molar-refractivity contribution in [2.45, 2.75) is 43.9 Å². The van der Waals surface area contributed by atoms with Crippen LogP contribution in [0.25, 0.3) is 0 Å².